The Kier molecular flexibility index (Phi) is 4.26. The number of carbonyl (C=O) groups excluding carboxylic acids is 1. The maximum atomic E-state index is 10.5. The second-order valence-corrected chi connectivity index (χ2v) is 4.95. The Morgan fingerprint density at radius 1 is 1.67 bits per heavy atom. The fraction of sp³-hybridized carbons (Fsp3) is 0.500. The average molecular weight is 228 g/mol. The number of nitrogens with one attached hydrogen (secondary N) is 1. The third kappa shape index (κ3) is 3.62. The van der Waals surface area contributed by atoms with Crippen LogP contribution in [0.2, 0.25) is 0 Å². The van der Waals surface area contributed by atoms with Crippen molar-refractivity contribution in [3.63, 3.8) is 0 Å². The number of hydrogen-bond donors (Lipinski definition) is 3. The fourth-order valence-corrected chi connectivity index (χ4v) is 2.25. The van der Waals surface area contributed by atoms with E-state index >= 15 is 0 Å². The van der Waals surface area contributed by atoms with Gasteiger partial charge in [0.15, 0.2) is 0 Å². The molecule has 1 unspecified atom stereocenters. The van der Waals surface area contributed by atoms with Crippen LogP contribution in [0.5, 0.6) is 0 Å². The monoisotopic (exact) mass is 228 g/mol. The molecule has 1 amide bonds. The maximum Gasteiger partial charge on any atom is 0.247 e. The molecule has 0 aliphatic heterocycles. The number of thiophene rings is 1. The molecule has 15 heavy (non-hydrogen) atoms. The molecule has 0 aliphatic carbocycles. The number of primary amides is 1. The summed E-state index contributed by atoms with van der Waals surface area (Å²) in [6, 6.07) is 2.10. The van der Waals surface area contributed by atoms with E-state index in [-0.39, 0.29) is 6.54 Å². The summed E-state index contributed by atoms with van der Waals surface area (Å²) in [4.78, 5) is 13.1. The third-order valence-corrected chi connectivity index (χ3v) is 3.13. The van der Waals surface area contributed by atoms with Crippen molar-refractivity contribution in [1.29, 1.82) is 0 Å². The van der Waals surface area contributed by atoms with Gasteiger partial charge in [-0.1, -0.05) is 0 Å². The summed E-state index contributed by atoms with van der Waals surface area (Å²) >= 11 is 1.74. The summed E-state index contributed by atoms with van der Waals surface area (Å²) in [6.45, 7) is 4.96. The second kappa shape index (κ2) is 5.25. The van der Waals surface area contributed by atoms with Gasteiger partial charge in [0.25, 0.3) is 0 Å². The minimum absolute atomic E-state index is 0.198. The van der Waals surface area contributed by atoms with Crippen molar-refractivity contribution in [2.24, 2.45) is 5.73 Å². The first kappa shape index (κ1) is 12.2. The Hall–Kier alpha value is -0.910. The Labute approximate surface area is 93.1 Å². The first-order valence-corrected chi connectivity index (χ1v) is 5.56. The highest BCUT2D eigenvalue weighted by molar-refractivity contribution is 7.12. The number of nitrogens with two attached hydrogens (primary N) is 1. The minimum atomic E-state index is -1.11. The molecular formula is C10H16N2O2S. The van der Waals surface area contributed by atoms with Gasteiger partial charge in [-0.15, -0.1) is 11.3 Å². The van der Waals surface area contributed by atoms with Crippen LogP contribution in [0.1, 0.15) is 15.3 Å². The van der Waals surface area contributed by atoms with Crippen LogP contribution in [0.4, 0.5) is 0 Å². The number of rotatable bonds is 5. The first-order valence-electron chi connectivity index (χ1n) is 4.74. The molecule has 0 aliphatic rings. The zero-order valence-electron chi connectivity index (χ0n) is 8.91. The summed E-state index contributed by atoms with van der Waals surface area (Å²) in [6.07, 6.45) is -1.11. The predicted octanol–water partition coefficient (Wildman–Crippen LogP) is 0.301. The number of aliphatic hydroxyl groups excluding tert-OH is 1. The van der Waals surface area contributed by atoms with E-state index in [0.29, 0.717) is 6.54 Å². The lowest BCUT2D eigenvalue weighted by Crippen LogP contribution is -2.37. The minimum Gasteiger partial charge on any atom is -0.382 e. The summed E-state index contributed by atoms with van der Waals surface area (Å²) in [5.74, 6) is -0.694. The molecule has 1 aromatic heterocycles. The lowest BCUT2D eigenvalue weighted by molar-refractivity contribution is -0.125. The van der Waals surface area contributed by atoms with Crippen molar-refractivity contribution in [3.8, 4) is 0 Å². The van der Waals surface area contributed by atoms with E-state index < -0.39 is 12.0 Å². The highest BCUT2D eigenvalue weighted by Gasteiger charge is 2.10. The maximum absolute atomic E-state index is 10.5. The van der Waals surface area contributed by atoms with Gasteiger partial charge in [-0.05, 0) is 25.5 Å². The van der Waals surface area contributed by atoms with Gasteiger partial charge in [0.1, 0.15) is 6.10 Å². The van der Waals surface area contributed by atoms with Crippen molar-refractivity contribution < 1.29 is 9.90 Å². The lowest BCUT2D eigenvalue weighted by atomic mass is 10.2. The van der Waals surface area contributed by atoms with Crippen molar-refractivity contribution in [1.82, 2.24) is 5.32 Å². The van der Waals surface area contributed by atoms with Gasteiger partial charge in [-0.25, -0.2) is 0 Å². The summed E-state index contributed by atoms with van der Waals surface area (Å²) in [7, 11) is 0. The van der Waals surface area contributed by atoms with E-state index in [4.69, 9.17) is 10.8 Å². The third-order valence-electron chi connectivity index (χ3n) is 2.13. The molecule has 5 heteroatoms. The summed E-state index contributed by atoms with van der Waals surface area (Å²) in [5, 5.41) is 12.1. The molecule has 0 fully saturated rings. The van der Waals surface area contributed by atoms with Gasteiger partial charge in [0.2, 0.25) is 5.91 Å². The van der Waals surface area contributed by atoms with Crippen LogP contribution in [0.25, 0.3) is 0 Å². The van der Waals surface area contributed by atoms with Crippen molar-refractivity contribution in [2.75, 3.05) is 6.54 Å². The molecule has 84 valence electrons. The van der Waals surface area contributed by atoms with Gasteiger partial charge >= 0.3 is 0 Å². The van der Waals surface area contributed by atoms with Crippen LogP contribution in [0.15, 0.2) is 6.07 Å². The highest BCUT2D eigenvalue weighted by atomic mass is 32.1. The Balaban J connectivity index is 2.38. The van der Waals surface area contributed by atoms with E-state index in [1.165, 1.54) is 15.3 Å². The number of amides is 1. The number of hydrogen-bond acceptors (Lipinski definition) is 4. The number of aryl methyl sites for hydroxylation is 2. The summed E-state index contributed by atoms with van der Waals surface area (Å²) in [5.41, 5.74) is 6.13. The van der Waals surface area contributed by atoms with Gasteiger partial charge in [-0.3, -0.25) is 4.79 Å². The van der Waals surface area contributed by atoms with Crippen LogP contribution in [0.3, 0.4) is 0 Å². The van der Waals surface area contributed by atoms with Crippen LogP contribution in [-0.4, -0.2) is 23.7 Å². The van der Waals surface area contributed by atoms with Crippen molar-refractivity contribution >= 4 is 17.2 Å². The van der Waals surface area contributed by atoms with Crippen molar-refractivity contribution in [2.45, 2.75) is 26.5 Å². The SMILES string of the molecule is Cc1cc(CNCC(O)C(N)=O)c(C)s1. The molecule has 1 atom stereocenters. The van der Waals surface area contributed by atoms with E-state index in [1.807, 2.05) is 0 Å². The Morgan fingerprint density at radius 2 is 2.33 bits per heavy atom. The zero-order chi connectivity index (χ0) is 11.4. The summed E-state index contributed by atoms with van der Waals surface area (Å²) < 4.78 is 0. The topological polar surface area (TPSA) is 75.3 Å². The molecule has 0 bridgehead atoms. The highest BCUT2D eigenvalue weighted by Crippen LogP contribution is 2.19. The molecule has 0 aromatic carbocycles. The Morgan fingerprint density at radius 3 is 2.80 bits per heavy atom. The quantitative estimate of drug-likeness (QED) is 0.678. The molecule has 4 N–H and O–H groups in total. The standard InChI is InChI=1S/C10H16N2O2S/c1-6-3-8(7(2)15-6)4-12-5-9(13)10(11)14/h3,9,12-13H,4-5H2,1-2H3,(H2,11,14). The molecule has 4 nitrogen and oxygen atoms in total. The molecule has 0 radical (unpaired) electrons. The average Bonchev–Trinajstić information content (AvgIpc) is 2.45. The first-order chi connectivity index (χ1) is 7.00. The van der Waals surface area contributed by atoms with E-state index in [2.05, 4.69) is 25.2 Å². The van der Waals surface area contributed by atoms with Gasteiger partial charge in [0, 0.05) is 22.8 Å². The van der Waals surface area contributed by atoms with Crippen molar-refractivity contribution in [3.05, 3.63) is 21.4 Å². The number of carbonyl (C=O) groups is 1. The number of aliphatic hydroxyl groups is 1. The normalized spacial score (nSPS) is 12.7. The van der Waals surface area contributed by atoms with Crippen LogP contribution in [-0.2, 0) is 11.3 Å². The lowest BCUT2D eigenvalue weighted by Gasteiger charge is -2.07. The van der Waals surface area contributed by atoms with Gasteiger partial charge < -0.3 is 16.2 Å². The zero-order valence-corrected chi connectivity index (χ0v) is 9.73. The van der Waals surface area contributed by atoms with E-state index in [9.17, 15) is 4.79 Å². The largest absolute Gasteiger partial charge is 0.382 e. The van der Waals surface area contributed by atoms with E-state index in [0.717, 1.165) is 0 Å². The predicted molar refractivity (Wildman–Crippen MR) is 60.7 cm³/mol. The van der Waals surface area contributed by atoms with Gasteiger partial charge in [0.05, 0.1) is 0 Å². The van der Waals surface area contributed by atoms with Crippen LogP contribution >= 0.6 is 11.3 Å². The Bertz CT molecular complexity index is 349. The van der Waals surface area contributed by atoms with Crippen LogP contribution < -0.4 is 11.1 Å². The second-order valence-electron chi connectivity index (χ2n) is 3.49. The molecule has 0 saturated heterocycles. The van der Waals surface area contributed by atoms with Gasteiger partial charge in [-0.2, -0.15) is 0 Å². The molecule has 1 rings (SSSR count). The smallest absolute Gasteiger partial charge is 0.247 e. The van der Waals surface area contributed by atoms with E-state index in [1.54, 1.807) is 11.3 Å². The molecule has 0 spiro atoms. The van der Waals surface area contributed by atoms with Crippen LogP contribution in [0, 0.1) is 13.8 Å². The molecule has 1 heterocycles. The fourth-order valence-electron chi connectivity index (χ4n) is 1.30. The molecule has 0 saturated carbocycles. The molecule has 1 aromatic rings. The molecular weight excluding hydrogens is 212 g/mol.